The monoisotopic (exact) mass is 254 g/mol. The van der Waals surface area contributed by atoms with Gasteiger partial charge in [0, 0.05) is 6.04 Å². The molecule has 0 aromatic carbocycles. The Labute approximate surface area is 114 Å². The summed E-state index contributed by atoms with van der Waals surface area (Å²) < 4.78 is 0. The van der Waals surface area contributed by atoms with Gasteiger partial charge in [0.2, 0.25) is 0 Å². The van der Waals surface area contributed by atoms with Crippen LogP contribution < -0.4 is 11.3 Å². The van der Waals surface area contributed by atoms with Gasteiger partial charge in [-0.15, -0.1) is 0 Å². The summed E-state index contributed by atoms with van der Waals surface area (Å²) in [7, 11) is 0. The molecule has 0 heterocycles. The zero-order valence-electron chi connectivity index (χ0n) is 12.8. The van der Waals surface area contributed by atoms with Gasteiger partial charge in [0.05, 0.1) is 0 Å². The first-order valence-corrected chi connectivity index (χ1v) is 8.24. The summed E-state index contributed by atoms with van der Waals surface area (Å²) in [6, 6.07) is 0.551. The van der Waals surface area contributed by atoms with E-state index < -0.39 is 0 Å². The van der Waals surface area contributed by atoms with Gasteiger partial charge in [-0.2, -0.15) is 0 Å². The zero-order chi connectivity index (χ0) is 13.4. The Morgan fingerprint density at radius 1 is 1.06 bits per heavy atom. The van der Waals surface area contributed by atoms with Gasteiger partial charge < -0.3 is 0 Å². The Morgan fingerprint density at radius 2 is 1.67 bits per heavy atom. The Bertz CT molecular complexity index is 199. The van der Waals surface area contributed by atoms with Gasteiger partial charge >= 0.3 is 0 Å². The second kappa shape index (κ2) is 8.92. The smallest absolute Gasteiger partial charge is 0.0269 e. The summed E-state index contributed by atoms with van der Waals surface area (Å²) in [4.78, 5) is 0. The number of hydrogen-bond acceptors (Lipinski definition) is 2. The first-order chi connectivity index (χ1) is 8.78. The van der Waals surface area contributed by atoms with Crippen LogP contribution >= 0.6 is 0 Å². The summed E-state index contributed by atoms with van der Waals surface area (Å²) in [6.07, 6.45) is 12.2. The van der Waals surface area contributed by atoms with E-state index in [1.54, 1.807) is 0 Å². The molecule has 108 valence electrons. The predicted molar refractivity (Wildman–Crippen MR) is 80.2 cm³/mol. The minimum absolute atomic E-state index is 0.551. The van der Waals surface area contributed by atoms with Crippen LogP contribution in [-0.2, 0) is 0 Å². The number of rotatable bonds is 8. The van der Waals surface area contributed by atoms with Crippen LogP contribution in [0.2, 0.25) is 0 Å². The quantitative estimate of drug-likeness (QED) is 0.502. The van der Waals surface area contributed by atoms with Crippen LogP contribution in [0.3, 0.4) is 0 Å². The van der Waals surface area contributed by atoms with Gasteiger partial charge in [-0.3, -0.25) is 11.3 Å². The number of hydrogen-bond donors (Lipinski definition) is 2. The molecular formula is C16H34N2. The van der Waals surface area contributed by atoms with Crippen LogP contribution in [0.1, 0.15) is 78.6 Å². The van der Waals surface area contributed by atoms with E-state index in [1.165, 1.54) is 57.8 Å². The summed E-state index contributed by atoms with van der Waals surface area (Å²) >= 11 is 0. The van der Waals surface area contributed by atoms with Crippen LogP contribution in [0.5, 0.6) is 0 Å². The van der Waals surface area contributed by atoms with Gasteiger partial charge in [-0.05, 0) is 37.0 Å². The van der Waals surface area contributed by atoms with Crippen molar-refractivity contribution in [1.29, 1.82) is 0 Å². The van der Waals surface area contributed by atoms with Crippen LogP contribution in [-0.4, -0.2) is 6.04 Å². The van der Waals surface area contributed by atoms with Crippen LogP contribution in [0.4, 0.5) is 0 Å². The van der Waals surface area contributed by atoms with E-state index in [9.17, 15) is 0 Å². The topological polar surface area (TPSA) is 38.0 Å². The molecule has 1 aliphatic rings. The molecule has 0 aromatic heterocycles. The van der Waals surface area contributed by atoms with E-state index in [0.717, 1.165) is 17.8 Å². The molecule has 1 rings (SSSR count). The van der Waals surface area contributed by atoms with E-state index in [1.807, 2.05) is 0 Å². The Morgan fingerprint density at radius 3 is 2.17 bits per heavy atom. The molecule has 2 nitrogen and oxygen atoms in total. The normalized spacial score (nSPS) is 26.5. The third-order valence-corrected chi connectivity index (χ3v) is 4.97. The second-order valence-corrected chi connectivity index (χ2v) is 6.15. The highest BCUT2D eigenvalue weighted by molar-refractivity contribution is 4.87. The van der Waals surface area contributed by atoms with Gasteiger partial charge in [0.25, 0.3) is 0 Å². The van der Waals surface area contributed by atoms with Crippen molar-refractivity contribution < 1.29 is 0 Å². The Hall–Kier alpha value is -0.0800. The van der Waals surface area contributed by atoms with E-state index >= 15 is 0 Å². The SMILES string of the molecule is CCCC(CCC)C(NN)C1CCCCC1CC. The minimum atomic E-state index is 0.551. The Kier molecular flexibility index (Phi) is 7.92. The van der Waals surface area contributed by atoms with Crippen molar-refractivity contribution in [2.24, 2.45) is 23.6 Å². The van der Waals surface area contributed by atoms with Crippen molar-refractivity contribution in [3.63, 3.8) is 0 Å². The fraction of sp³-hybridized carbons (Fsp3) is 1.00. The van der Waals surface area contributed by atoms with Crippen molar-refractivity contribution >= 4 is 0 Å². The molecule has 3 unspecified atom stereocenters. The lowest BCUT2D eigenvalue weighted by Crippen LogP contribution is -2.49. The lowest BCUT2D eigenvalue weighted by atomic mass is 9.69. The standard InChI is InChI=1S/C16H34N2/c1-4-9-14(10-5-2)16(18-17)15-12-8-7-11-13(15)6-3/h13-16,18H,4-12,17H2,1-3H3. The first kappa shape index (κ1) is 16.0. The molecule has 0 aromatic rings. The Balaban J connectivity index is 2.70. The van der Waals surface area contributed by atoms with E-state index in [0.29, 0.717) is 6.04 Å². The highest BCUT2D eigenvalue weighted by Gasteiger charge is 2.34. The zero-order valence-corrected chi connectivity index (χ0v) is 12.8. The highest BCUT2D eigenvalue weighted by atomic mass is 15.2. The average Bonchev–Trinajstić information content (AvgIpc) is 2.40. The van der Waals surface area contributed by atoms with E-state index in [4.69, 9.17) is 5.84 Å². The number of nitrogens with one attached hydrogen (secondary N) is 1. The molecule has 1 fully saturated rings. The summed E-state index contributed by atoms with van der Waals surface area (Å²) in [5.74, 6) is 8.43. The maximum atomic E-state index is 5.93. The van der Waals surface area contributed by atoms with E-state index in [2.05, 4.69) is 26.2 Å². The van der Waals surface area contributed by atoms with Gasteiger partial charge in [-0.1, -0.05) is 59.3 Å². The third-order valence-electron chi connectivity index (χ3n) is 4.97. The molecule has 3 N–H and O–H groups in total. The molecule has 0 radical (unpaired) electrons. The fourth-order valence-electron chi connectivity index (χ4n) is 4.07. The largest absolute Gasteiger partial charge is 0.271 e. The first-order valence-electron chi connectivity index (χ1n) is 8.24. The molecule has 1 saturated carbocycles. The molecule has 1 aliphatic carbocycles. The van der Waals surface area contributed by atoms with Crippen LogP contribution in [0, 0.1) is 17.8 Å². The van der Waals surface area contributed by atoms with Crippen molar-refractivity contribution in [3.05, 3.63) is 0 Å². The van der Waals surface area contributed by atoms with Crippen LogP contribution in [0.25, 0.3) is 0 Å². The maximum Gasteiger partial charge on any atom is 0.0269 e. The fourth-order valence-corrected chi connectivity index (χ4v) is 4.07. The van der Waals surface area contributed by atoms with Gasteiger partial charge in [-0.25, -0.2) is 0 Å². The molecule has 0 saturated heterocycles. The molecular weight excluding hydrogens is 220 g/mol. The summed E-state index contributed by atoms with van der Waals surface area (Å²) in [5, 5.41) is 0. The molecule has 0 amide bonds. The predicted octanol–water partition coefficient (Wildman–Crippen LogP) is 4.25. The molecule has 3 atom stereocenters. The van der Waals surface area contributed by atoms with Crippen LogP contribution in [0.15, 0.2) is 0 Å². The summed E-state index contributed by atoms with van der Waals surface area (Å²) in [6.45, 7) is 6.95. The van der Waals surface area contributed by atoms with E-state index in [-0.39, 0.29) is 0 Å². The molecule has 2 heteroatoms. The van der Waals surface area contributed by atoms with Crippen molar-refractivity contribution in [2.45, 2.75) is 84.6 Å². The number of hydrazine groups is 1. The van der Waals surface area contributed by atoms with Gasteiger partial charge in [0.1, 0.15) is 0 Å². The molecule has 0 aliphatic heterocycles. The maximum absolute atomic E-state index is 5.93. The van der Waals surface area contributed by atoms with Crippen molar-refractivity contribution in [3.8, 4) is 0 Å². The lowest BCUT2D eigenvalue weighted by molar-refractivity contribution is 0.128. The van der Waals surface area contributed by atoms with Crippen molar-refractivity contribution in [1.82, 2.24) is 5.43 Å². The minimum Gasteiger partial charge on any atom is -0.271 e. The average molecular weight is 254 g/mol. The highest BCUT2D eigenvalue weighted by Crippen LogP contribution is 2.38. The lowest BCUT2D eigenvalue weighted by Gasteiger charge is -2.40. The third kappa shape index (κ3) is 4.24. The van der Waals surface area contributed by atoms with Crippen molar-refractivity contribution in [2.75, 3.05) is 0 Å². The summed E-state index contributed by atoms with van der Waals surface area (Å²) in [5.41, 5.74) is 3.21. The van der Waals surface area contributed by atoms with Gasteiger partial charge in [0.15, 0.2) is 0 Å². The molecule has 18 heavy (non-hydrogen) atoms. The number of nitrogens with two attached hydrogens (primary N) is 1. The molecule has 0 bridgehead atoms. The molecule has 0 spiro atoms. The second-order valence-electron chi connectivity index (χ2n) is 6.15.